The van der Waals surface area contributed by atoms with Gasteiger partial charge in [0.15, 0.2) is 0 Å². The molecular formula is C29H36N2O. The van der Waals surface area contributed by atoms with E-state index in [2.05, 4.69) is 83.1 Å². The van der Waals surface area contributed by atoms with E-state index in [-0.39, 0.29) is 11.8 Å². The summed E-state index contributed by atoms with van der Waals surface area (Å²) in [4.78, 5) is 13.8. The Kier molecular flexibility index (Phi) is 6.64. The summed E-state index contributed by atoms with van der Waals surface area (Å²) in [5.41, 5.74) is 5.76. The molecular weight excluding hydrogens is 392 g/mol. The number of fused-ring (bicyclic) bond motifs is 1. The third kappa shape index (κ3) is 4.30. The van der Waals surface area contributed by atoms with Crippen molar-refractivity contribution >= 4 is 5.91 Å². The van der Waals surface area contributed by atoms with Crippen LogP contribution in [-0.4, -0.2) is 15.7 Å². The number of hydrogen-bond donors (Lipinski definition) is 0. The normalized spacial score (nSPS) is 19.2. The molecule has 1 aliphatic rings. The number of benzene rings is 2. The van der Waals surface area contributed by atoms with Gasteiger partial charge in [0.1, 0.15) is 0 Å². The first-order valence-corrected chi connectivity index (χ1v) is 12.1. The van der Waals surface area contributed by atoms with Gasteiger partial charge in [-0.3, -0.25) is 4.79 Å². The fraction of sp³-hybridized carbons (Fsp3) is 0.448. The second-order valence-electron chi connectivity index (χ2n) is 10.1. The monoisotopic (exact) mass is 428 g/mol. The van der Waals surface area contributed by atoms with Crippen LogP contribution in [0.2, 0.25) is 0 Å². The number of carbonyl (C=O) groups excluding carboxylic acids is 1. The van der Waals surface area contributed by atoms with Gasteiger partial charge in [-0.1, -0.05) is 95.3 Å². The highest BCUT2D eigenvalue weighted by molar-refractivity contribution is 5.85. The molecule has 3 aromatic rings. The summed E-state index contributed by atoms with van der Waals surface area (Å²) in [6.07, 6.45) is 2.75. The van der Waals surface area contributed by atoms with Crippen molar-refractivity contribution in [2.45, 2.75) is 71.6 Å². The van der Waals surface area contributed by atoms with Crippen molar-refractivity contribution in [1.29, 1.82) is 0 Å². The average molecular weight is 429 g/mol. The van der Waals surface area contributed by atoms with Gasteiger partial charge in [-0.15, -0.1) is 0 Å². The van der Waals surface area contributed by atoms with E-state index in [1.807, 2.05) is 12.1 Å². The van der Waals surface area contributed by atoms with Crippen LogP contribution in [-0.2, 0) is 0 Å². The second kappa shape index (κ2) is 9.44. The molecule has 3 atom stereocenters. The predicted molar refractivity (Wildman–Crippen MR) is 132 cm³/mol. The maximum atomic E-state index is 13.8. The lowest BCUT2D eigenvalue weighted by molar-refractivity contribution is 0.0870. The zero-order valence-electron chi connectivity index (χ0n) is 20.1. The summed E-state index contributed by atoms with van der Waals surface area (Å²) < 4.78 is 1.76. The Bertz CT molecular complexity index is 1050. The van der Waals surface area contributed by atoms with E-state index in [1.165, 1.54) is 11.1 Å². The third-order valence-corrected chi connectivity index (χ3v) is 7.22. The number of carbonyl (C=O) groups is 1. The molecule has 0 saturated carbocycles. The van der Waals surface area contributed by atoms with Crippen LogP contribution in [0.5, 0.6) is 0 Å². The van der Waals surface area contributed by atoms with Gasteiger partial charge in [0.05, 0.1) is 11.4 Å². The van der Waals surface area contributed by atoms with Gasteiger partial charge in [-0.2, -0.15) is 9.78 Å². The molecule has 1 aromatic heterocycles. The summed E-state index contributed by atoms with van der Waals surface area (Å²) in [6, 6.07) is 20.8. The topological polar surface area (TPSA) is 34.9 Å². The van der Waals surface area contributed by atoms with E-state index in [0.29, 0.717) is 30.1 Å². The van der Waals surface area contributed by atoms with Crippen LogP contribution in [0.3, 0.4) is 0 Å². The van der Waals surface area contributed by atoms with Crippen molar-refractivity contribution in [1.82, 2.24) is 9.78 Å². The Labute approximate surface area is 192 Å². The van der Waals surface area contributed by atoms with Gasteiger partial charge >= 0.3 is 0 Å². The van der Waals surface area contributed by atoms with E-state index in [0.717, 1.165) is 29.8 Å². The van der Waals surface area contributed by atoms with Gasteiger partial charge in [-0.25, -0.2) is 0 Å². The molecule has 3 nitrogen and oxygen atoms in total. The highest BCUT2D eigenvalue weighted by atomic mass is 16.2. The zero-order valence-corrected chi connectivity index (χ0v) is 20.1. The summed E-state index contributed by atoms with van der Waals surface area (Å²) in [5.74, 6) is 1.96. The van der Waals surface area contributed by atoms with Crippen molar-refractivity contribution < 1.29 is 4.79 Å². The molecule has 0 saturated heterocycles. The highest BCUT2D eigenvalue weighted by Gasteiger charge is 2.35. The lowest BCUT2D eigenvalue weighted by Gasteiger charge is -2.28. The quantitative estimate of drug-likeness (QED) is 0.404. The Morgan fingerprint density at radius 1 is 0.969 bits per heavy atom. The SMILES string of the molecule is CC(C)[C@H](CC(=O)n1nc2c(c1-c1ccccc1)[C@H](C)CC[C@H]2C(C)C)c1ccccc1. The number of hydrogen-bond acceptors (Lipinski definition) is 2. The molecule has 2 aromatic carbocycles. The van der Waals surface area contributed by atoms with Crippen molar-refractivity contribution in [3.63, 3.8) is 0 Å². The molecule has 3 heteroatoms. The summed E-state index contributed by atoms with van der Waals surface area (Å²) in [7, 11) is 0. The molecule has 0 aliphatic heterocycles. The van der Waals surface area contributed by atoms with Crippen LogP contribution in [0.15, 0.2) is 60.7 Å². The molecule has 4 rings (SSSR count). The molecule has 168 valence electrons. The van der Waals surface area contributed by atoms with Gasteiger partial charge in [-0.05, 0) is 42.1 Å². The summed E-state index contributed by atoms with van der Waals surface area (Å²) in [5, 5.41) is 5.05. The first-order chi connectivity index (χ1) is 15.4. The fourth-order valence-electron chi connectivity index (χ4n) is 5.33. The molecule has 0 fully saturated rings. The standard InChI is InChI=1S/C29H36N2O/c1-19(2)24-17-16-21(5)27-28(24)30-31(29(27)23-14-10-7-11-15-23)26(32)18-25(20(3)4)22-12-8-6-9-13-22/h6-15,19-21,24-25H,16-18H2,1-5H3/t21-,24+,25+/m1/s1. The van der Waals surface area contributed by atoms with Crippen LogP contribution in [0.1, 0.15) is 93.3 Å². The van der Waals surface area contributed by atoms with E-state index in [9.17, 15) is 4.79 Å². The van der Waals surface area contributed by atoms with E-state index >= 15 is 0 Å². The largest absolute Gasteiger partial charge is 0.273 e. The van der Waals surface area contributed by atoms with Crippen LogP contribution in [0, 0.1) is 11.8 Å². The van der Waals surface area contributed by atoms with E-state index in [1.54, 1.807) is 4.68 Å². The first kappa shape index (κ1) is 22.5. The summed E-state index contributed by atoms with van der Waals surface area (Å²) >= 11 is 0. The lowest BCUT2D eigenvalue weighted by Crippen LogP contribution is -2.20. The number of rotatable bonds is 6. The lowest BCUT2D eigenvalue weighted by atomic mass is 9.75. The van der Waals surface area contributed by atoms with Crippen LogP contribution >= 0.6 is 0 Å². The Balaban J connectivity index is 1.81. The molecule has 0 N–H and O–H groups in total. The molecule has 1 heterocycles. The smallest absolute Gasteiger partial charge is 0.248 e. The Hall–Kier alpha value is -2.68. The minimum absolute atomic E-state index is 0.0931. The van der Waals surface area contributed by atoms with E-state index < -0.39 is 0 Å². The minimum atomic E-state index is 0.0931. The Morgan fingerprint density at radius 2 is 1.59 bits per heavy atom. The number of nitrogens with zero attached hydrogens (tertiary/aromatic N) is 2. The van der Waals surface area contributed by atoms with E-state index in [4.69, 9.17) is 5.10 Å². The third-order valence-electron chi connectivity index (χ3n) is 7.22. The maximum Gasteiger partial charge on any atom is 0.248 e. The molecule has 0 unspecified atom stereocenters. The van der Waals surface area contributed by atoms with Gasteiger partial charge in [0.25, 0.3) is 0 Å². The van der Waals surface area contributed by atoms with Crippen molar-refractivity contribution in [2.75, 3.05) is 0 Å². The summed E-state index contributed by atoms with van der Waals surface area (Å²) in [6.45, 7) is 11.2. The molecule has 32 heavy (non-hydrogen) atoms. The second-order valence-corrected chi connectivity index (χ2v) is 10.1. The predicted octanol–water partition coefficient (Wildman–Crippen LogP) is 7.66. The van der Waals surface area contributed by atoms with Gasteiger partial charge < -0.3 is 0 Å². The van der Waals surface area contributed by atoms with Crippen LogP contribution in [0.25, 0.3) is 11.3 Å². The van der Waals surface area contributed by atoms with Gasteiger partial charge in [0, 0.05) is 23.5 Å². The fourth-order valence-corrected chi connectivity index (χ4v) is 5.33. The maximum absolute atomic E-state index is 13.8. The minimum Gasteiger partial charge on any atom is -0.273 e. The first-order valence-electron chi connectivity index (χ1n) is 12.1. The average Bonchev–Trinajstić information content (AvgIpc) is 3.20. The number of aromatic nitrogens is 2. The van der Waals surface area contributed by atoms with Crippen molar-refractivity contribution in [2.24, 2.45) is 11.8 Å². The van der Waals surface area contributed by atoms with Gasteiger partial charge in [0.2, 0.25) is 5.91 Å². The van der Waals surface area contributed by atoms with Crippen LogP contribution in [0.4, 0.5) is 0 Å². The highest BCUT2D eigenvalue weighted by Crippen LogP contribution is 2.46. The van der Waals surface area contributed by atoms with Crippen LogP contribution < -0.4 is 0 Å². The molecule has 0 radical (unpaired) electrons. The Morgan fingerprint density at radius 3 is 2.19 bits per heavy atom. The molecule has 0 amide bonds. The van der Waals surface area contributed by atoms with Crippen molar-refractivity contribution in [3.05, 3.63) is 77.5 Å². The molecule has 0 spiro atoms. The van der Waals surface area contributed by atoms with Crippen molar-refractivity contribution in [3.8, 4) is 11.3 Å². The molecule has 1 aliphatic carbocycles. The zero-order chi connectivity index (χ0) is 22.8. The molecule has 0 bridgehead atoms.